The molecule has 43 heavy (non-hydrogen) atoms. The number of hydrogen-bond acceptors (Lipinski definition) is 10. The number of halogens is 2. The van der Waals surface area contributed by atoms with Crippen molar-refractivity contribution in [2.24, 2.45) is 0 Å². The minimum atomic E-state index is -3.92. The molecule has 0 bridgehead atoms. The first-order valence-electron chi connectivity index (χ1n) is 14.2. The van der Waals surface area contributed by atoms with Crippen molar-refractivity contribution < 1.29 is 21.9 Å². The summed E-state index contributed by atoms with van der Waals surface area (Å²) in [5.74, 6) is 0.102. The minimum absolute atomic E-state index is 0.147. The number of ether oxygens (including phenoxy) is 1. The summed E-state index contributed by atoms with van der Waals surface area (Å²) in [6.07, 6.45) is 5.03. The number of benzene rings is 2. The number of anilines is 4. The van der Waals surface area contributed by atoms with Crippen LogP contribution in [0.15, 0.2) is 42.7 Å². The smallest absolute Gasteiger partial charge is 0.232 e. The molecule has 0 saturated carbocycles. The van der Waals surface area contributed by atoms with Crippen LogP contribution in [0.4, 0.5) is 31.9 Å². The Morgan fingerprint density at radius 2 is 1.72 bits per heavy atom. The Morgan fingerprint density at radius 3 is 2.44 bits per heavy atom. The van der Waals surface area contributed by atoms with E-state index in [0.717, 1.165) is 37.0 Å². The van der Waals surface area contributed by atoms with Crippen molar-refractivity contribution in [3.8, 4) is 22.5 Å². The van der Waals surface area contributed by atoms with Gasteiger partial charge in [0.05, 0.1) is 48.1 Å². The van der Waals surface area contributed by atoms with Crippen LogP contribution in [-0.2, 0) is 14.8 Å². The summed E-state index contributed by atoms with van der Waals surface area (Å²) in [7, 11) is -3.92. The fraction of sp³-hybridized carbons (Fsp3) is 0.379. The Kier molecular flexibility index (Phi) is 8.21. The summed E-state index contributed by atoms with van der Waals surface area (Å²) in [6, 6.07) is 8.31. The van der Waals surface area contributed by atoms with Gasteiger partial charge in [0.2, 0.25) is 16.0 Å². The number of nitrogen functional groups attached to an aromatic ring is 1. The van der Waals surface area contributed by atoms with Crippen LogP contribution >= 0.6 is 0 Å². The van der Waals surface area contributed by atoms with E-state index < -0.39 is 28.3 Å². The molecule has 2 aromatic heterocycles. The van der Waals surface area contributed by atoms with E-state index in [2.05, 4.69) is 24.5 Å². The van der Waals surface area contributed by atoms with Gasteiger partial charge in [0.25, 0.3) is 0 Å². The van der Waals surface area contributed by atoms with Crippen LogP contribution in [0.2, 0.25) is 0 Å². The molecular weight excluding hydrogens is 578 g/mol. The lowest BCUT2D eigenvalue weighted by molar-refractivity contribution is 0.122. The molecule has 2 aliphatic heterocycles. The summed E-state index contributed by atoms with van der Waals surface area (Å²) in [5, 5.41) is 0.731. The van der Waals surface area contributed by atoms with E-state index >= 15 is 4.39 Å². The number of rotatable bonds is 9. The Bertz CT molecular complexity index is 1730. The van der Waals surface area contributed by atoms with Gasteiger partial charge in [0.1, 0.15) is 5.82 Å². The summed E-state index contributed by atoms with van der Waals surface area (Å²) in [6.45, 7) is 3.13. The van der Waals surface area contributed by atoms with Crippen molar-refractivity contribution in [3.05, 3.63) is 48.5 Å². The van der Waals surface area contributed by atoms with Gasteiger partial charge in [-0.1, -0.05) is 12.1 Å². The maximum Gasteiger partial charge on any atom is 0.232 e. The monoisotopic (exact) mass is 610 g/mol. The first kappa shape index (κ1) is 28.9. The fourth-order valence-electron chi connectivity index (χ4n) is 5.45. The number of fused-ring (bicyclic) bond motifs is 1. The van der Waals surface area contributed by atoms with E-state index in [1.165, 1.54) is 6.07 Å². The van der Waals surface area contributed by atoms with Crippen molar-refractivity contribution >= 4 is 44.1 Å². The summed E-state index contributed by atoms with van der Waals surface area (Å²) >= 11 is 0. The van der Waals surface area contributed by atoms with Crippen molar-refractivity contribution in [2.45, 2.75) is 19.3 Å². The third-order valence-corrected chi connectivity index (χ3v) is 8.93. The standard InChI is InChI=1S/C29H32F2N8O3S/c30-7-4-14-43(40,41)37-23-6-3-5-21(25(23)31)19-15-22-26(24(16-19)38-8-1-2-9-38)35-27(20-17-33-29(32)34-18-20)36-28(22)39-10-12-42-13-11-39/h3,5-6,15-18,37H,1-2,4,7-14H2,(H2,32,33,34). The van der Waals surface area contributed by atoms with Crippen LogP contribution in [0.25, 0.3) is 33.4 Å². The maximum atomic E-state index is 16.0. The molecule has 2 fully saturated rings. The third kappa shape index (κ3) is 6.15. The molecule has 3 N–H and O–H groups in total. The highest BCUT2D eigenvalue weighted by Gasteiger charge is 2.25. The van der Waals surface area contributed by atoms with Gasteiger partial charge >= 0.3 is 0 Å². The van der Waals surface area contributed by atoms with E-state index in [4.69, 9.17) is 20.4 Å². The highest BCUT2D eigenvalue weighted by atomic mass is 32.2. The van der Waals surface area contributed by atoms with Crippen molar-refractivity contribution in [1.29, 1.82) is 0 Å². The molecule has 0 aliphatic carbocycles. The number of sulfonamides is 1. The quantitative estimate of drug-likeness (QED) is 0.286. The second-order valence-electron chi connectivity index (χ2n) is 10.5. The molecule has 0 spiro atoms. The Hall–Kier alpha value is -4.17. The number of hydrogen-bond donors (Lipinski definition) is 2. The highest BCUT2D eigenvalue weighted by Crippen LogP contribution is 2.40. The third-order valence-electron chi connectivity index (χ3n) is 7.57. The molecule has 2 saturated heterocycles. The molecule has 4 heterocycles. The van der Waals surface area contributed by atoms with E-state index in [9.17, 15) is 12.8 Å². The average molecular weight is 611 g/mol. The van der Waals surface area contributed by atoms with Crippen LogP contribution in [0.5, 0.6) is 0 Å². The van der Waals surface area contributed by atoms with Gasteiger partial charge in [-0.3, -0.25) is 9.11 Å². The van der Waals surface area contributed by atoms with E-state index in [-0.39, 0.29) is 23.6 Å². The number of aromatic nitrogens is 4. The van der Waals surface area contributed by atoms with Gasteiger partial charge in [-0.2, -0.15) is 0 Å². The van der Waals surface area contributed by atoms with E-state index in [1.807, 2.05) is 12.1 Å². The van der Waals surface area contributed by atoms with Crippen LogP contribution < -0.4 is 20.3 Å². The molecule has 0 amide bonds. The Balaban J connectivity index is 1.54. The van der Waals surface area contributed by atoms with Crippen molar-refractivity contribution in [2.75, 3.05) is 72.1 Å². The maximum absolute atomic E-state index is 16.0. The molecule has 4 aromatic rings. The van der Waals surface area contributed by atoms with Crippen LogP contribution in [0.1, 0.15) is 19.3 Å². The highest BCUT2D eigenvalue weighted by molar-refractivity contribution is 7.92. The zero-order valence-electron chi connectivity index (χ0n) is 23.5. The van der Waals surface area contributed by atoms with E-state index in [0.29, 0.717) is 54.6 Å². The zero-order chi connectivity index (χ0) is 30.0. The van der Waals surface area contributed by atoms with Gasteiger partial charge in [-0.15, -0.1) is 0 Å². The summed E-state index contributed by atoms with van der Waals surface area (Å²) in [4.78, 5) is 22.5. The average Bonchev–Trinajstić information content (AvgIpc) is 3.56. The van der Waals surface area contributed by atoms with E-state index in [1.54, 1.807) is 24.5 Å². The topological polar surface area (TPSA) is 139 Å². The normalized spacial score (nSPS) is 15.8. The number of nitrogens with one attached hydrogen (secondary N) is 1. The largest absolute Gasteiger partial charge is 0.378 e. The summed E-state index contributed by atoms with van der Waals surface area (Å²) < 4.78 is 61.4. The minimum Gasteiger partial charge on any atom is -0.378 e. The van der Waals surface area contributed by atoms with Crippen LogP contribution in [0.3, 0.4) is 0 Å². The molecule has 0 radical (unpaired) electrons. The molecule has 2 aromatic carbocycles. The van der Waals surface area contributed by atoms with Gasteiger partial charge in [-0.05, 0) is 43.0 Å². The Morgan fingerprint density at radius 1 is 0.977 bits per heavy atom. The van der Waals surface area contributed by atoms with Crippen LogP contribution in [0, 0.1) is 5.82 Å². The molecule has 0 atom stereocenters. The number of nitrogens with two attached hydrogens (primary N) is 1. The second-order valence-corrected chi connectivity index (χ2v) is 12.4. The number of alkyl halides is 1. The lowest BCUT2D eigenvalue weighted by atomic mass is 10.00. The predicted molar refractivity (Wildman–Crippen MR) is 163 cm³/mol. The molecule has 226 valence electrons. The molecule has 6 rings (SSSR count). The van der Waals surface area contributed by atoms with Crippen molar-refractivity contribution in [1.82, 2.24) is 19.9 Å². The fourth-order valence-corrected chi connectivity index (χ4v) is 6.53. The molecular formula is C29H32F2N8O3S. The second kappa shape index (κ2) is 12.2. The van der Waals surface area contributed by atoms with Gasteiger partial charge in [-0.25, -0.2) is 32.7 Å². The molecule has 2 aliphatic rings. The molecule has 0 unspecified atom stereocenters. The van der Waals surface area contributed by atoms with Gasteiger partial charge in [0.15, 0.2) is 11.6 Å². The number of morpholine rings is 1. The van der Waals surface area contributed by atoms with Crippen LogP contribution in [-0.4, -0.2) is 80.2 Å². The zero-order valence-corrected chi connectivity index (χ0v) is 24.3. The van der Waals surface area contributed by atoms with Crippen molar-refractivity contribution in [3.63, 3.8) is 0 Å². The summed E-state index contributed by atoms with van der Waals surface area (Å²) in [5.41, 5.74) is 8.45. The lowest BCUT2D eigenvalue weighted by Crippen LogP contribution is -2.37. The molecule has 14 heteroatoms. The predicted octanol–water partition coefficient (Wildman–Crippen LogP) is 4.01. The lowest BCUT2D eigenvalue weighted by Gasteiger charge is -2.30. The molecule has 11 nitrogen and oxygen atoms in total. The Labute approximate surface area is 248 Å². The number of nitrogens with zero attached hydrogens (tertiary/aromatic N) is 6. The first-order chi connectivity index (χ1) is 20.8. The van der Waals surface area contributed by atoms with Gasteiger partial charge in [0, 0.05) is 49.5 Å². The van der Waals surface area contributed by atoms with Gasteiger partial charge < -0.3 is 20.3 Å². The SMILES string of the molecule is Nc1ncc(-c2nc(N3CCOCC3)c3cc(-c4cccc(NS(=O)(=O)CCCF)c4F)cc(N4CCCC4)c3n2)cn1. The first-order valence-corrected chi connectivity index (χ1v) is 15.8.